The minimum absolute atomic E-state index is 0.0627. The first-order valence-electron chi connectivity index (χ1n) is 9.85. The number of hydrogen-bond acceptors (Lipinski definition) is 4. The summed E-state index contributed by atoms with van der Waals surface area (Å²) in [4.78, 5) is 26.4. The van der Waals surface area contributed by atoms with Crippen LogP contribution in [0.3, 0.4) is 0 Å². The van der Waals surface area contributed by atoms with Crippen molar-refractivity contribution < 1.29 is 4.79 Å². The molecule has 0 aliphatic carbocycles. The maximum Gasteiger partial charge on any atom is 0.343 e. The van der Waals surface area contributed by atoms with Crippen molar-refractivity contribution in [3.63, 3.8) is 0 Å². The SMILES string of the molecule is CC(C)c1cc(NC(=O)N2CCC(n3cn[nH]c3=O)CC2)n(-c2ccccc2)n1. The number of aromatic nitrogens is 5. The van der Waals surface area contributed by atoms with E-state index in [4.69, 9.17) is 0 Å². The van der Waals surface area contributed by atoms with Gasteiger partial charge in [-0.3, -0.25) is 9.88 Å². The van der Waals surface area contributed by atoms with Gasteiger partial charge in [-0.05, 0) is 30.9 Å². The zero-order valence-electron chi connectivity index (χ0n) is 16.6. The number of carbonyl (C=O) groups excluding carboxylic acids is 1. The number of anilines is 1. The molecule has 1 fully saturated rings. The van der Waals surface area contributed by atoms with Gasteiger partial charge in [0.05, 0.1) is 11.4 Å². The first-order valence-corrected chi connectivity index (χ1v) is 9.85. The number of carbonyl (C=O) groups is 1. The Kier molecular flexibility index (Phi) is 5.20. The molecule has 29 heavy (non-hydrogen) atoms. The Morgan fingerprint density at radius 3 is 2.55 bits per heavy atom. The Balaban J connectivity index is 1.47. The molecule has 1 aliphatic rings. The van der Waals surface area contributed by atoms with Crippen LogP contribution in [0.5, 0.6) is 0 Å². The number of likely N-dealkylation sites (tertiary alicyclic amines) is 1. The van der Waals surface area contributed by atoms with Crippen molar-refractivity contribution in [3.05, 3.63) is 58.9 Å². The first-order chi connectivity index (χ1) is 14.0. The first kappa shape index (κ1) is 19.0. The fraction of sp³-hybridized carbons (Fsp3) is 0.400. The molecule has 1 saturated heterocycles. The molecule has 0 spiro atoms. The maximum atomic E-state index is 12.9. The van der Waals surface area contributed by atoms with Crippen LogP contribution in [0.4, 0.5) is 10.6 Å². The minimum atomic E-state index is -0.208. The molecule has 2 aromatic heterocycles. The standard InChI is InChI=1S/C20H25N7O2/c1-14(2)17-12-18(27(24-17)16-6-4-3-5-7-16)22-19(28)25-10-8-15(9-11-25)26-13-21-23-20(26)29/h3-7,12-15H,8-11H2,1-2H3,(H,22,28)(H,23,29). The number of nitrogens with one attached hydrogen (secondary N) is 2. The van der Waals surface area contributed by atoms with Crippen molar-refractivity contribution >= 4 is 11.8 Å². The van der Waals surface area contributed by atoms with Crippen LogP contribution >= 0.6 is 0 Å². The Bertz CT molecular complexity index is 1030. The number of nitrogens with zero attached hydrogens (tertiary/aromatic N) is 5. The van der Waals surface area contributed by atoms with E-state index in [2.05, 4.69) is 34.5 Å². The summed E-state index contributed by atoms with van der Waals surface area (Å²) in [6, 6.07) is 11.6. The number of hydrogen-bond donors (Lipinski definition) is 2. The minimum Gasteiger partial charge on any atom is -0.324 e. The van der Waals surface area contributed by atoms with Crippen molar-refractivity contribution in [3.8, 4) is 5.69 Å². The molecule has 152 valence electrons. The molecule has 0 saturated carbocycles. The number of urea groups is 1. The largest absolute Gasteiger partial charge is 0.343 e. The Morgan fingerprint density at radius 1 is 1.21 bits per heavy atom. The normalized spacial score (nSPS) is 15.1. The number of aromatic amines is 1. The Hall–Kier alpha value is -3.36. The van der Waals surface area contributed by atoms with Crippen LogP contribution in [0.15, 0.2) is 47.5 Å². The summed E-state index contributed by atoms with van der Waals surface area (Å²) < 4.78 is 3.37. The summed E-state index contributed by atoms with van der Waals surface area (Å²) >= 11 is 0. The summed E-state index contributed by atoms with van der Waals surface area (Å²) in [5.41, 5.74) is 1.61. The number of amides is 2. The second-order valence-corrected chi connectivity index (χ2v) is 7.57. The van der Waals surface area contributed by atoms with E-state index < -0.39 is 0 Å². The average Bonchev–Trinajstić information content (AvgIpc) is 3.35. The monoisotopic (exact) mass is 395 g/mol. The van der Waals surface area contributed by atoms with Crippen LogP contribution in [0.1, 0.15) is 44.3 Å². The van der Waals surface area contributed by atoms with Gasteiger partial charge in [-0.25, -0.2) is 19.4 Å². The van der Waals surface area contributed by atoms with Gasteiger partial charge in [0.1, 0.15) is 12.1 Å². The summed E-state index contributed by atoms with van der Waals surface area (Å²) in [6.45, 7) is 5.30. The van der Waals surface area contributed by atoms with Crippen LogP contribution in [0, 0.1) is 0 Å². The molecule has 2 amide bonds. The zero-order chi connectivity index (χ0) is 20.4. The molecule has 3 aromatic rings. The van der Waals surface area contributed by atoms with Crippen LogP contribution in [-0.2, 0) is 0 Å². The van der Waals surface area contributed by atoms with Crippen LogP contribution < -0.4 is 11.0 Å². The third kappa shape index (κ3) is 3.94. The predicted molar refractivity (Wildman–Crippen MR) is 109 cm³/mol. The van der Waals surface area contributed by atoms with Crippen molar-refractivity contribution in [2.45, 2.75) is 38.6 Å². The lowest BCUT2D eigenvalue weighted by atomic mass is 10.1. The van der Waals surface area contributed by atoms with Crippen molar-refractivity contribution in [1.82, 2.24) is 29.4 Å². The predicted octanol–water partition coefficient (Wildman–Crippen LogP) is 2.75. The molecule has 4 rings (SSSR count). The molecular formula is C20H25N7O2. The van der Waals surface area contributed by atoms with Gasteiger partial charge >= 0.3 is 11.7 Å². The molecular weight excluding hydrogens is 370 g/mol. The van der Waals surface area contributed by atoms with E-state index in [0.29, 0.717) is 31.7 Å². The van der Waals surface area contributed by atoms with E-state index in [1.807, 2.05) is 36.4 Å². The lowest BCUT2D eigenvalue weighted by Gasteiger charge is -2.32. The smallest absolute Gasteiger partial charge is 0.324 e. The molecule has 3 heterocycles. The molecule has 2 N–H and O–H groups in total. The van der Waals surface area contributed by atoms with Gasteiger partial charge in [0.2, 0.25) is 0 Å². The van der Waals surface area contributed by atoms with Crippen LogP contribution in [0.2, 0.25) is 0 Å². The van der Waals surface area contributed by atoms with Crippen LogP contribution in [-0.4, -0.2) is 48.6 Å². The van der Waals surface area contributed by atoms with Gasteiger partial charge in [0, 0.05) is 25.2 Å². The van der Waals surface area contributed by atoms with Crippen molar-refractivity contribution in [2.24, 2.45) is 0 Å². The molecule has 0 unspecified atom stereocenters. The van der Waals surface area contributed by atoms with Crippen LogP contribution in [0.25, 0.3) is 5.69 Å². The lowest BCUT2D eigenvalue weighted by molar-refractivity contribution is 0.183. The number of piperidine rings is 1. The molecule has 0 radical (unpaired) electrons. The van der Waals surface area contributed by atoms with E-state index in [9.17, 15) is 9.59 Å². The summed E-state index contributed by atoms with van der Waals surface area (Å²) in [6.07, 6.45) is 2.94. The molecule has 9 nitrogen and oxygen atoms in total. The number of rotatable bonds is 4. The third-order valence-electron chi connectivity index (χ3n) is 5.28. The number of para-hydroxylation sites is 1. The topological polar surface area (TPSA) is 101 Å². The van der Waals surface area contributed by atoms with Crippen molar-refractivity contribution in [1.29, 1.82) is 0 Å². The van der Waals surface area contributed by atoms with E-state index in [-0.39, 0.29) is 23.7 Å². The molecule has 0 bridgehead atoms. The van der Waals surface area contributed by atoms with E-state index >= 15 is 0 Å². The molecule has 1 aliphatic heterocycles. The average molecular weight is 395 g/mol. The highest BCUT2D eigenvalue weighted by Gasteiger charge is 2.26. The fourth-order valence-corrected chi connectivity index (χ4v) is 3.59. The molecule has 0 atom stereocenters. The molecule has 1 aromatic carbocycles. The quantitative estimate of drug-likeness (QED) is 0.709. The lowest BCUT2D eigenvalue weighted by Crippen LogP contribution is -2.42. The van der Waals surface area contributed by atoms with Gasteiger partial charge in [-0.2, -0.15) is 10.2 Å². The van der Waals surface area contributed by atoms with Gasteiger partial charge in [-0.15, -0.1) is 0 Å². The number of H-pyrrole nitrogens is 1. The zero-order valence-corrected chi connectivity index (χ0v) is 16.6. The highest BCUT2D eigenvalue weighted by Crippen LogP contribution is 2.24. The second-order valence-electron chi connectivity index (χ2n) is 7.57. The molecule has 9 heteroatoms. The van der Waals surface area contributed by atoms with Crippen molar-refractivity contribution in [2.75, 3.05) is 18.4 Å². The van der Waals surface area contributed by atoms with Gasteiger partial charge in [0.15, 0.2) is 0 Å². The van der Waals surface area contributed by atoms with E-state index in [1.165, 1.54) is 6.33 Å². The highest BCUT2D eigenvalue weighted by atomic mass is 16.2. The Morgan fingerprint density at radius 2 is 1.93 bits per heavy atom. The number of benzene rings is 1. The van der Waals surface area contributed by atoms with E-state index in [1.54, 1.807) is 14.1 Å². The fourth-order valence-electron chi connectivity index (χ4n) is 3.59. The third-order valence-corrected chi connectivity index (χ3v) is 5.28. The maximum absolute atomic E-state index is 12.9. The highest BCUT2D eigenvalue weighted by molar-refractivity contribution is 5.89. The van der Waals surface area contributed by atoms with Gasteiger partial charge in [0.25, 0.3) is 0 Å². The van der Waals surface area contributed by atoms with E-state index in [0.717, 1.165) is 11.4 Å². The summed E-state index contributed by atoms with van der Waals surface area (Å²) in [7, 11) is 0. The van der Waals surface area contributed by atoms with Gasteiger partial charge < -0.3 is 4.90 Å². The Labute approximate surface area is 168 Å². The summed E-state index contributed by atoms with van der Waals surface area (Å²) in [5, 5.41) is 13.9. The summed E-state index contributed by atoms with van der Waals surface area (Å²) in [5.74, 6) is 0.901. The second kappa shape index (κ2) is 7.94. The van der Waals surface area contributed by atoms with Gasteiger partial charge in [-0.1, -0.05) is 32.0 Å².